The molecule has 0 aliphatic carbocycles. The summed E-state index contributed by atoms with van der Waals surface area (Å²) in [5, 5.41) is 7.91. The quantitative estimate of drug-likeness (QED) is 0.644. The van der Waals surface area contributed by atoms with Gasteiger partial charge in [-0.25, -0.2) is 9.97 Å². The summed E-state index contributed by atoms with van der Waals surface area (Å²) in [4.78, 5) is 24.3. The van der Waals surface area contributed by atoms with Crippen molar-refractivity contribution in [3.63, 3.8) is 0 Å². The third-order valence-electron chi connectivity index (χ3n) is 3.91. The molecule has 0 fully saturated rings. The second-order valence-electron chi connectivity index (χ2n) is 6.30. The van der Waals surface area contributed by atoms with Crippen molar-refractivity contribution in [1.29, 1.82) is 0 Å². The number of likely N-dealkylation sites (N-methyl/N-ethyl adjacent to an activating group) is 1. The number of nitrogens with one attached hydrogen (secondary N) is 1. The van der Waals surface area contributed by atoms with E-state index in [0.29, 0.717) is 23.4 Å². The highest BCUT2D eigenvalue weighted by molar-refractivity contribution is 5.86. The maximum atomic E-state index is 12.3. The van der Waals surface area contributed by atoms with Crippen LogP contribution in [0.3, 0.4) is 0 Å². The summed E-state index contributed by atoms with van der Waals surface area (Å²) in [5.74, 6) is -0.290. The van der Waals surface area contributed by atoms with E-state index in [2.05, 4.69) is 30.1 Å². The molecule has 1 amide bonds. The number of hydrogen-bond donors (Lipinski definition) is 1. The third-order valence-corrected chi connectivity index (χ3v) is 3.91. The summed E-state index contributed by atoms with van der Waals surface area (Å²) in [6.45, 7) is 2.73. The first-order chi connectivity index (χ1) is 13.7. The molecule has 29 heavy (non-hydrogen) atoms. The van der Waals surface area contributed by atoms with Gasteiger partial charge in [0.1, 0.15) is 0 Å². The maximum Gasteiger partial charge on any atom is 0.422 e. The molecule has 0 radical (unpaired) electrons. The molecule has 0 aliphatic heterocycles. The smallest absolute Gasteiger partial charge is 0.422 e. The predicted molar refractivity (Wildman–Crippen MR) is 97.3 cm³/mol. The molecule has 8 nitrogen and oxygen atoms in total. The van der Waals surface area contributed by atoms with Crippen molar-refractivity contribution in [2.45, 2.75) is 33.0 Å². The number of rotatable bonds is 7. The van der Waals surface area contributed by atoms with Crippen molar-refractivity contribution in [3.05, 3.63) is 41.7 Å². The molecule has 3 rings (SSSR count). The van der Waals surface area contributed by atoms with Gasteiger partial charge in [-0.15, -0.1) is 0 Å². The molecular formula is C18H19F3N6O2. The number of halogens is 3. The van der Waals surface area contributed by atoms with Crippen molar-refractivity contribution >= 4 is 16.8 Å². The van der Waals surface area contributed by atoms with E-state index in [-0.39, 0.29) is 30.4 Å². The summed E-state index contributed by atoms with van der Waals surface area (Å²) >= 11 is 0. The van der Waals surface area contributed by atoms with Crippen LogP contribution in [0.15, 0.2) is 24.7 Å². The molecule has 0 saturated heterocycles. The fourth-order valence-corrected chi connectivity index (χ4v) is 2.74. The van der Waals surface area contributed by atoms with Crippen LogP contribution in [0.25, 0.3) is 10.9 Å². The Morgan fingerprint density at radius 3 is 2.79 bits per heavy atom. The van der Waals surface area contributed by atoms with E-state index < -0.39 is 12.8 Å². The zero-order chi connectivity index (χ0) is 21.0. The highest BCUT2D eigenvalue weighted by Crippen LogP contribution is 2.20. The number of pyridine rings is 1. The lowest BCUT2D eigenvalue weighted by atomic mass is 10.2. The lowest BCUT2D eigenvalue weighted by Crippen LogP contribution is -2.24. The second-order valence-corrected chi connectivity index (χ2v) is 6.30. The normalized spacial score (nSPS) is 11.6. The molecule has 3 heterocycles. The van der Waals surface area contributed by atoms with Crippen LogP contribution in [-0.4, -0.2) is 50.0 Å². The van der Waals surface area contributed by atoms with E-state index in [9.17, 15) is 18.0 Å². The topological polar surface area (TPSA) is 94.8 Å². The standard InChI is InChI=1S/C18H19F3N6O2/c1-3-22-16(28)6-15-13-9-27(26-14(13)4-5-23-15)8-12-7-24-17(11(2)25-12)29-10-18(19,20)21/h4-5,7,9H,3,6,8,10H2,1-2H3,(H,22,28). The van der Waals surface area contributed by atoms with Gasteiger partial charge in [-0.3, -0.25) is 14.5 Å². The first-order valence-electron chi connectivity index (χ1n) is 8.85. The summed E-state index contributed by atoms with van der Waals surface area (Å²) < 4.78 is 43.1. The maximum absolute atomic E-state index is 12.3. The number of ether oxygens (including phenoxy) is 1. The average molecular weight is 408 g/mol. The number of aryl methyl sites for hydroxylation is 1. The number of carbonyl (C=O) groups excluding carboxylic acids is 1. The lowest BCUT2D eigenvalue weighted by Gasteiger charge is -2.10. The van der Waals surface area contributed by atoms with Crippen molar-refractivity contribution in [3.8, 4) is 5.88 Å². The van der Waals surface area contributed by atoms with Crippen LogP contribution < -0.4 is 10.1 Å². The molecule has 1 N–H and O–H groups in total. The van der Waals surface area contributed by atoms with Gasteiger partial charge in [0.25, 0.3) is 0 Å². The van der Waals surface area contributed by atoms with Crippen LogP contribution in [0.4, 0.5) is 13.2 Å². The SMILES string of the molecule is CCNC(=O)Cc1nccc2nn(Cc3cnc(OCC(F)(F)F)c(C)n3)cc12. The number of alkyl halides is 3. The van der Waals surface area contributed by atoms with Gasteiger partial charge in [0.2, 0.25) is 11.8 Å². The van der Waals surface area contributed by atoms with E-state index >= 15 is 0 Å². The van der Waals surface area contributed by atoms with Gasteiger partial charge in [0.15, 0.2) is 6.61 Å². The van der Waals surface area contributed by atoms with Crippen LogP contribution in [0, 0.1) is 6.92 Å². The molecule has 0 bridgehead atoms. The highest BCUT2D eigenvalue weighted by atomic mass is 19.4. The minimum atomic E-state index is -4.44. The summed E-state index contributed by atoms with van der Waals surface area (Å²) in [5.41, 5.74) is 2.04. The van der Waals surface area contributed by atoms with Gasteiger partial charge in [0, 0.05) is 24.3 Å². The zero-order valence-corrected chi connectivity index (χ0v) is 15.8. The molecule has 0 spiro atoms. The van der Waals surface area contributed by atoms with E-state index in [0.717, 1.165) is 5.39 Å². The van der Waals surface area contributed by atoms with Gasteiger partial charge < -0.3 is 10.1 Å². The Bertz CT molecular complexity index is 1020. The Morgan fingerprint density at radius 1 is 1.31 bits per heavy atom. The van der Waals surface area contributed by atoms with Gasteiger partial charge in [-0.05, 0) is 19.9 Å². The van der Waals surface area contributed by atoms with Gasteiger partial charge in [-0.2, -0.15) is 18.3 Å². The third kappa shape index (κ3) is 5.39. The van der Waals surface area contributed by atoms with Crippen molar-refractivity contribution < 1.29 is 22.7 Å². The molecule has 3 aromatic rings. The van der Waals surface area contributed by atoms with Crippen LogP contribution in [0.2, 0.25) is 0 Å². The largest absolute Gasteiger partial charge is 0.467 e. The minimum Gasteiger partial charge on any atom is -0.467 e. The molecule has 0 saturated carbocycles. The second kappa shape index (κ2) is 8.41. The van der Waals surface area contributed by atoms with Crippen molar-refractivity contribution in [2.24, 2.45) is 0 Å². The Kier molecular flexibility index (Phi) is 5.95. The fourth-order valence-electron chi connectivity index (χ4n) is 2.74. The highest BCUT2D eigenvalue weighted by Gasteiger charge is 2.29. The molecule has 0 aromatic carbocycles. The van der Waals surface area contributed by atoms with Gasteiger partial charge in [-0.1, -0.05) is 0 Å². The molecule has 0 aliphatic rings. The van der Waals surface area contributed by atoms with Gasteiger partial charge >= 0.3 is 6.18 Å². The molecule has 0 unspecified atom stereocenters. The number of carbonyl (C=O) groups is 1. The fraction of sp³-hybridized carbons (Fsp3) is 0.389. The first kappa shape index (κ1) is 20.5. The first-order valence-corrected chi connectivity index (χ1v) is 8.85. The van der Waals surface area contributed by atoms with Crippen LogP contribution in [0.5, 0.6) is 5.88 Å². The Hall–Kier alpha value is -3.24. The number of fused-ring (bicyclic) bond motifs is 1. The van der Waals surface area contributed by atoms with Gasteiger partial charge in [0.05, 0.1) is 41.8 Å². The molecule has 154 valence electrons. The zero-order valence-electron chi connectivity index (χ0n) is 15.8. The minimum absolute atomic E-state index is 0.129. The van der Waals surface area contributed by atoms with Crippen molar-refractivity contribution in [2.75, 3.05) is 13.2 Å². The Balaban J connectivity index is 1.76. The number of nitrogens with zero attached hydrogens (tertiary/aromatic N) is 5. The monoisotopic (exact) mass is 408 g/mol. The Morgan fingerprint density at radius 2 is 2.10 bits per heavy atom. The van der Waals surface area contributed by atoms with E-state index in [1.165, 1.54) is 13.1 Å². The number of aromatic nitrogens is 5. The van der Waals surface area contributed by atoms with Crippen LogP contribution in [0.1, 0.15) is 24.0 Å². The predicted octanol–water partition coefficient (Wildman–Crippen LogP) is 2.20. The van der Waals surface area contributed by atoms with Crippen LogP contribution >= 0.6 is 0 Å². The van der Waals surface area contributed by atoms with Crippen LogP contribution in [-0.2, 0) is 17.8 Å². The number of hydrogen-bond acceptors (Lipinski definition) is 6. The van der Waals surface area contributed by atoms with E-state index in [1.54, 1.807) is 23.1 Å². The average Bonchev–Trinajstić information content (AvgIpc) is 3.04. The summed E-state index contributed by atoms with van der Waals surface area (Å²) in [6.07, 6.45) is 0.384. The lowest BCUT2D eigenvalue weighted by molar-refractivity contribution is -0.154. The number of amides is 1. The molecule has 0 atom stereocenters. The Labute approximate surface area is 164 Å². The summed E-state index contributed by atoms with van der Waals surface area (Å²) in [7, 11) is 0. The van der Waals surface area contributed by atoms with Crippen molar-refractivity contribution in [1.82, 2.24) is 30.0 Å². The summed E-state index contributed by atoms with van der Waals surface area (Å²) in [6, 6.07) is 1.73. The molecule has 11 heteroatoms. The van der Waals surface area contributed by atoms with E-state index in [4.69, 9.17) is 0 Å². The molecular weight excluding hydrogens is 389 g/mol. The molecule has 3 aromatic heterocycles. The van der Waals surface area contributed by atoms with E-state index in [1.807, 2.05) is 6.92 Å².